The molecule has 2 rings (SSSR count). The van der Waals surface area contributed by atoms with Crippen molar-refractivity contribution in [2.45, 2.75) is 19.9 Å². The Hall–Kier alpha value is -1.06. The van der Waals surface area contributed by atoms with Crippen LogP contribution in [-0.4, -0.2) is 36.8 Å². The van der Waals surface area contributed by atoms with Crippen molar-refractivity contribution in [2.75, 3.05) is 26.8 Å². The second kappa shape index (κ2) is 5.52. The van der Waals surface area contributed by atoms with Crippen molar-refractivity contribution in [3.8, 4) is 5.75 Å². The first-order chi connectivity index (χ1) is 8.20. The molecule has 1 aromatic rings. The molecule has 3 heteroatoms. The quantitative estimate of drug-likeness (QED) is 0.862. The van der Waals surface area contributed by atoms with Crippen LogP contribution in [0, 0.1) is 5.92 Å². The Morgan fingerprint density at radius 3 is 3.06 bits per heavy atom. The lowest BCUT2D eigenvalue weighted by Crippen LogP contribution is -2.27. The lowest BCUT2D eigenvalue weighted by Gasteiger charge is -2.26. The average Bonchev–Trinajstić information content (AvgIpc) is 2.35. The van der Waals surface area contributed by atoms with Gasteiger partial charge in [0.1, 0.15) is 5.75 Å². The number of nitrogens with zero attached hydrogens (tertiary/aromatic N) is 1. The summed E-state index contributed by atoms with van der Waals surface area (Å²) < 4.78 is 5.81. The lowest BCUT2D eigenvalue weighted by atomic mass is 9.99. The number of ether oxygens (including phenoxy) is 1. The molecule has 94 valence electrons. The molecule has 1 N–H and O–H groups in total. The van der Waals surface area contributed by atoms with Crippen LogP contribution in [0.3, 0.4) is 0 Å². The van der Waals surface area contributed by atoms with Gasteiger partial charge in [-0.1, -0.05) is 19.1 Å². The first kappa shape index (κ1) is 12.4. The second-order valence-electron chi connectivity index (χ2n) is 4.98. The highest BCUT2D eigenvalue weighted by Crippen LogP contribution is 2.27. The number of aliphatic hydroxyl groups excluding tert-OH is 1. The van der Waals surface area contributed by atoms with E-state index in [1.165, 1.54) is 11.1 Å². The summed E-state index contributed by atoms with van der Waals surface area (Å²) in [5, 5.41) is 9.00. The van der Waals surface area contributed by atoms with E-state index in [1.807, 2.05) is 13.0 Å². The molecule has 1 aliphatic rings. The molecule has 0 spiro atoms. The maximum Gasteiger partial charge on any atom is 0.122 e. The third-order valence-corrected chi connectivity index (χ3v) is 3.25. The highest BCUT2D eigenvalue weighted by Gasteiger charge is 2.17. The predicted octanol–water partition coefficient (Wildman–Crippen LogP) is 1.68. The van der Waals surface area contributed by atoms with Gasteiger partial charge in [-0.3, -0.25) is 0 Å². The molecule has 0 amide bonds. The van der Waals surface area contributed by atoms with Gasteiger partial charge in [0.15, 0.2) is 0 Å². The van der Waals surface area contributed by atoms with Crippen LogP contribution >= 0.6 is 0 Å². The van der Waals surface area contributed by atoms with Gasteiger partial charge in [0.05, 0.1) is 6.61 Å². The molecule has 1 aliphatic heterocycles. The fourth-order valence-corrected chi connectivity index (χ4v) is 2.14. The molecule has 0 aromatic heterocycles. The minimum Gasteiger partial charge on any atom is -0.493 e. The molecule has 1 atom stereocenters. The van der Waals surface area contributed by atoms with Gasteiger partial charge in [-0.25, -0.2) is 0 Å². The Kier molecular flexibility index (Phi) is 4.02. The summed E-state index contributed by atoms with van der Waals surface area (Å²) in [4.78, 5) is 2.32. The Balaban J connectivity index is 2.10. The molecule has 0 radical (unpaired) electrons. The van der Waals surface area contributed by atoms with E-state index < -0.39 is 0 Å². The number of rotatable bonds is 4. The molecule has 0 saturated heterocycles. The van der Waals surface area contributed by atoms with Crippen molar-refractivity contribution in [1.29, 1.82) is 0 Å². The average molecular weight is 235 g/mol. The zero-order chi connectivity index (χ0) is 12.3. The van der Waals surface area contributed by atoms with E-state index in [2.05, 4.69) is 24.1 Å². The van der Waals surface area contributed by atoms with Gasteiger partial charge in [-0.15, -0.1) is 0 Å². The smallest absolute Gasteiger partial charge is 0.122 e. The number of hydrogen-bond donors (Lipinski definition) is 1. The zero-order valence-corrected chi connectivity index (χ0v) is 10.6. The van der Waals surface area contributed by atoms with E-state index in [0.29, 0.717) is 6.61 Å². The maximum absolute atomic E-state index is 9.00. The predicted molar refractivity (Wildman–Crippen MR) is 68.2 cm³/mol. The molecule has 0 aliphatic carbocycles. The van der Waals surface area contributed by atoms with Crippen molar-refractivity contribution in [3.05, 3.63) is 29.3 Å². The topological polar surface area (TPSA) is 32.7 Å². The molecule has 3 nitrogen and oxygen atoms in total. The van der Waals surface area contributed by atoms with Gasteiger partial charge >= 0.3 is 0 Å². The van der Waals surface area contributed by atoms with Gasteiger partial charge in [-0.2, -0.15) is 0 Å². The molecule has 0 saturated carbocycles. The molecular weight excluding hydrogens is 214 g/mol. The zero-order valence-electron chi connectivity index (χ0n) is 10.6. The SMILES string of the molecule is C[C@H](CO)COc1cccc2c1CCN(C)C2. The monoisotopic (exact) mass is 235 g/mol. The van der Waals surface area contributed by atoms with Crippen molar-refractivity contribution < 1.29 is 9.84 Å². The van der Waals surface area contributed by atoms with Crippen molar-refractivity contribution >= 4 is 0 Å². The summed E-state index contributed by atoms with van der Waals surface area (Å²) in [5.41, 5.74) is 2.71. The molecule has 1 aromatic carbocycles. The molecular formula is C14H21NO2. The van der Waals surface area contributed by atoms with Crippen LogP contribution in [0.2, 0.25) is 0 Å². The Labute approximate surface area is 103 Å². The highest BCUT2D eigenvalue weighted by molar-refractivity contribution is 5.41. The normalized spacial score (nSPS) is 17.6. The van der Waals surface area contributed by atoms with Crippen molar-refractivity contribution in [2.24, 2.45) is 5.92 Å². The van der Waals surface area contributed by atoms with Gasteiger partial charge in [0, 0.05) is 25.6 Å². The maximum atomic E-state index is 9.00. The summed E-state index contributed by atoms with van der Waals surface area (Å²) in [6.07, 6.45) is 1.05. The minimum absolute atomic E-state index is 0.178. The molecule has 1 heterocycles. The van der Waals surface area contributed by atoms with Gasteiger partial charge in [0.25, 0.3) is 0 Å². The lowest BCUT2D eigenvalue weighted by molar-refractivity contribution is 0.172. The Morgan fingerprint density at radius 1 is 1.47 bits per heavy atom. The number of likely N-dealkylation sites (N-methyl/N-ethyl adjacent to an activating group) is 1. The summed E-state index contributed by atoms with van der Waals surface area (Å²) in [6, 6.07) is 6.26. The first-order valence-corrected chi connectivity index (χ1v) is 6.23. The Bertz CT molecular complexity index is 378. The molecule has 17 heavy (non-hydrogen) atoms. The van der Waals surface area contributed by atoms with Crippen LogP contribution in [-0.2, 0) is 13.0 Å². The van der Waals surface area contributed by atoms with Gasteiger partial charge in [0.2, 0.25) is 0 Å². The number of hydrogen-bond acceptors (Lipinski definition) is 3. The molecule has 0 unspecified atom stereocenters. The van der Waals surface area contributed by atoms with E-state index in [-0.39, 0.29) is 12.5 Å². The third kappa shape index (κ3) is 2.99. The van der Waals surface area contributed by atoms with E-state index in [0.717, 1.165) is 25.3 Å². The van der Waals surface area contributed by atoms with Crippen molar-refractivity contribution in [3.63, 3.8) is 0 Å². The first-order valence-electron chi connectivity index (χ1n) is 6.23. The van der Waals surface area contributed by atoms with E-state index in [4.69, 9.17) is 9.84 Å². The summed E-state index contributed by atoms with van der Waals surface area (Å²) >= 11 is 0. The van der Waals surface area contributed by atoms with Crippen LogP contribution in [0.1, 0.15) is 18.1 Å². The fraction of sp³-hybridized carbons (Fsp3) is 0.571. The Morgan fingerprint density at radius 2 is 2.29 bits per heavy atom. The summed E-state index contributed by atoms with van der Waals surface area (Å²) in [7, 11) is 2.14. The van der Waals surface area contributed by atoms with E-state index in [1.54, 1.807) is 0 Å². The third-order valence-electron chi connectivity index (χ3n) is 3.25. The van der Waals surface area contributed by atoms with Crippen LogP contribution in [0.4, 0.5) is 0 Å². The number of benzene rings is 1. The molecule has 0 fully saturated rings. The minimum atomic E-state index is 0.178. The summed E-state index contributed by atoms with van der Waals surface area (Å²) in [5.74, 6) is 1.19. The molecule has 0 bridgehead atoms. The van der Waals surface area contributed by atoms with Gasteiger partial charge in [-0.05, 0) is 30.7 Å². The summed E-state index contributed by atoms with van der Waals surface area (Å²) in [6.45, 7) is 4.84. The van der Waals surface area contributed by atoms with Crippen LogP contribution < -0.4 is 4.74 Å². The van der Waals surface area contributed by atoms with Crippen LogP contribution in [0.15, 0.2) is 18.2 Å². The number of fused-ring (bicyclic) bond motifs is 1. The standard InChI is InChI=1S/C14H21NO2/c1-11(9-16)10-17-14-5-3-4-12-8-15(2)7-6-13(12)14/h3-5,11,16H,6-10H2,1-2H3/t11-/m1/s1. The van der Waals surface area contributed by atoms with Crippen LogP contribution in [0.5, 0.6) is 5.75 Å². The van der Waals surface area contributed by atoms with E-state index >= 15 is 0 Å². The highest BCUT2D eigenvalue weighted by atomic mass is 16.5. The van der Waals surface area contributed by atoms with E-state index in [9.17, 15) is 0 Å². The van der Waals surface area contributed by atoms with Gasteiger partial charge < -0.3 is 14.7 Å². The fourth-order valence-electron chi connectivity index (χ4n) is 2.14. The number of aliphatic hydroxyl groups is 1. The second-order valence-corrected chi connectivity index (χ2v) is 4.98. The van der Waals surface area contributed by atoms with Crippen LogP contribution in [0.25, 0.3) is 0 Å². The van der Waals surface area contributed by atoms with Crippen molar-refractivity contribution in [1.82, 2.24) is 4.90 Å². The largest absolute Gasteiger partial charge is 0.493 e.